The summed E-state index contributed by atoms with van der Waals surface area (Å²) in [4.78, 5) is 25.8. The van der Waals surface area contributed by atoms with Gasteiger partial charge in [-0.3, -0.25) is 9.78 Å². The zero-order valence-electron chi connectivity index (χ0n) is 11.6. The van der Waals surface area contributed by atoms with Gasteiger partial charge in [0.1, 0.15) is 5.69 Å². The standard InChI is InChI=1S/C16H16N4O/c1-2-12-4-3-9-20(11-12)16(21)13-5-6-17-14(10-13)15-18-7-8-19-15/h1,5-8,10,12H,3-4,9,11H2,(H,18,19). The van der Waals surface area contributed by atoms with Gasteiger partial charge in [-0.15, -0.1) is 12.3 Å². The lowest BCUT2D eigenvalue weighted by atomic mass is 9.98. The molecule has 0 aromatic carbocycles. The fourth-order valence-corrected chi connectivity index (χ4v) is 2.58. The van der Waals surface area contributed by atoms with Crippen molar-refractivity contribution in [3.8, 4) is 23.9 Å². The van der Waals surface area contributed by atoms with E-state index in [0.29, 0.717) is 23.6 Å². The molecule has 2 aromatic rings. The summed E-state index contributed by atoms with van der Waals surface area (Å²) in [5.74, 6) is 3.58. The number of nitrogens with zero attached hydrogens (tertiary/aromatic N) is 3. The number of nitrogens with one attached hydrogen (secondary N) is 1. The second kappa shape index (κ2) is 5.80. The molecule has 5 heteroatoms. The first-order chi connectivity index (χ1) is 10.3. The van der Waals surface area contributed by atoms with Gasteiger partial charge < -0.3 is 9.88 Å². The molecule has 0 bridgehead atoms. The van der Waals surface area contributed by atoms with Crippen LogP contribution in [0, 0.1) is 18.3 Å². The Hall–Kier alpha value is -2.61. The molecule has 1 saturated heterocycles. The average Bonchev–Trinajstić information content (AvgIpc) is 3.09. The van der Waals surface area contributed by atoms with E-state index in [1.807, 2.05) is 4.90 Å². The largest absolute Gasteiger partial charge is 0.343 e. The lowest BCUT2D eigenvalue weighted by Crippen LogP contribution is -2.39. The average molecular weight is 280 g/mol. The first-order valence-electron chi connectivity index (χ1n) is 6.99. The molecule has 1 fully saturated rings. The van der Waals surface area contributed by atoms with Crippen LogP contribution in [0.25, 0.3) is 11.5 Å². The zero-order chi connectivity index (χ0) is 14.7. The number of rotatable bonds is 2. The van der Waals surface area contributed by atoms with Crippen LogP contribution in [0.5, 0.6) is 0 Å². The summed E-state index contributed by atoms with van der Waals surface area (Å²) in [6, 6.07) is 3.49. The van der Waals surface area contributed by atoms with Gasteiger partial charge in [-0.2, -0.15) is 0 Å². The van der Waals surface area contributed by atoms with Crippen LogP contribution in [0.3, 0.4) is 0 Å². The molecular formula is C16H16N4O. The summed E-state index contributed by atoms with van der Waals surface area (Å²) in [7, 11) is 0. The summed E-state index contributed by atoms with van der Waals surface area (Å²) in [6.45, 7) is 1.39. The summed E-state index contributed by atoms with van der Waals surface area (Å²) in [5, 5.41) is 0. The predicted octanol–water partition coefficient (Wildman–Crippen LogP) is 1.96. The number of likely N-dealkylation sites (tertiary alicyclic amines) is 1. The second-order valence-corrected chi connectivity index (χ2v) is 5.12. The van der Waals surface area contributed by atoms with E-state index in [1.165, 1.54) is 0 Å². The van der Waals surface area contributed by atoms with Crippen molar-refractivity contribution in [3.63, 3.8) is 0 Å². The number of terminal acetylenes is 1. The van der Waals surface area contributed by atoms with Gasteiger partial charge in [0.25, 0.3) is 5.91 Å². The van der Waals surface area contributed by atoms with Crippen molar-refractivity contribution in [3.05, 3.63) is 36.3 Å². The Morgan fingerprint density at radius 2 is 2.33 bits per heavy atom. The molecular weight excluding hydrogens is 264 g/mol. The van der Waals surface area contributed by atoms with Crippen LogP contribution in [0.2, 0.25) is 0 Å². The highest BCUT2D eigenvalue weighted by Gasteiger charge is 2.23. The van der Waals surface area contributed by atoms with Crippen molar-refractivity contribution in [1.82, 2.24) is 19.9 Å². The van der Waals surface area contributed by atoms with Gasteiger partial charge in [0.05, 0.1) is 0 Å². The van der Waals surface area contributed by atoms with Crippen molar-refractivity contribution in [2.24, 2.45) is 5.92 Å². The predicted molar refractivity (Wildman–Crippen MR) is 79.3 cm³/mol. The quantitative estimate of drug-likeness (QED) is 0.855. The minimum absolute atomic E-state index is 0.00477. The van der Waals surface area contributed by atoms with Crippen LogP contribution in [0.15, 0.2) is 30.7 Å². The van der Waals surface area contributed by atoms with E-state index in [1.54, 1.807) is 30.7 Å². The Morgan fingerprint density at radius 3 is 3.10 bits per heavy atom. The highest BCUT2D eigenvalue weighted by atomic mass is 16.2. The molecule has 1 atom stereocenters. The number of pyridine rings is 1. The molecule has 0 saturated carbocycles. The molecule has 0 spiro atoms. The van der Waals surface area contributed by atoms with E-state index < -0.39 is 0 Å². The molecule has 1 aliphatic rings. The topological polar surface area (TPSA) is 61.9 Å². The van der Waals surface area contributed by atoms with Crippen molar-refractivity contribution in [1.29, 1.82) is 0 Å². The fraction of sp³-hybridized carbons (Fsp3) is 0.312. The maximum absolute atomic E-state index is 12.6. The Kier molecular flexibility index (Phi) is 3.69. The van der Waals surface area contributed by atoms with E-state index in [0.717, 1.165) is 19.4 Å². The zero-order valence-corrected chi connectivity index (χ0v) is 11.6. The fourth-order valence-electron chi connectivity index (χ4n) is 2.58. The minimum Gasteiger partial charge on any atom is -0.343 e. The number of amides is 1. The molecule has 0 aliphatic carbocycles. The molecule has 1 amide bonds. The molecule has 3 rings (SSSR count). The van der Waals surface area contributed by atoms with Crippen molar-refractivity contribution < 1.29 is 4.79 Å². The van der Waals surface area contributed by atoms with Gasteiger partial charge in [-0.25, -0.2) is 4.98 Å². The number of carbonyl (C=O) groups excluding carboxylic acids is 1. The molecule has 5 nitrogen and oxygen atoms in total. The number of imidazole rings is 1. The summed E-state index contributed by atoms with van der Waals surface area (Å²) in [6.07, 6.45) is 12.5. The highest BCUT2D eigenvalue weighted by Crippen LogP contribution is 2.19. The number of aromatic nitrogens is 3. The van der Waals surface area contributed by atoms with E-state index in [2.05, 4.69) is 20.9 Å². The number of carbonyl (C=O) groups is 1. The SMILES string of the molecule is C#CC1CCCN(C(=O)c2ccnc(-c3ncc[nH]3)c2)C1. The van der Waals surface area contributed by atoms with E-state index in [4.69, 9.17) is 6.42 Å². The van der Waals surface area contributed by atoms with Crippen molar-refractivity contribution in [2.45, 2.75) is 12.8 Å². The molecule has 1 N–H and O–H groups in total. The third-order valence-electron chi connectivity index (χ3n) is 3.69. The minimum atomic E-state index is 0.00477. The molecule has 3 heterocycles. The van der Waals surface area contributed by atoms with Gasteiger partial charge in [0, 0.05) is 43.2 Å². The van der Waals surface area contributed by atoms with Gasteiger partial charge in [-0.05, 0) is 25.0 Å². The van der Waals surface area contributed by atoms with E-state index >= 15 is 0 Å². The van der Waals surface area contributed by atoms with Crippen LogP contribution in [-0.2, 0) is 0 Å². The Labute approximate surface area is 123 Å². The molecule has 106 valence electrons. The van der Waals surface area contributed by atoms with E-state index in [9.17, 15) is 4.79 Å². The normalized spacial score (nSPS) is 18.2. The number of aromatic amines is 1. The van der Waals surface area contributed by atoms with Crippen molar-refractivity contribution >= 4 is 5.91 Å². The van der Waals surface area contributed by atoms with Crippen LogP contribution in [-0.4, -0.2) is 38.8 Å². The molecule has 2 aromatic heterocycles. The first-order valence-corrected chi connectivity index (χ1v) is 6.99. The smallest absolute Gasteiger partial charge is 0.254 e. The lowest BCUT2D eigenvalue weighted by Gasteiger charge is -2.30. The summed E-state index contributed by atoms with van der Waals surface area (Å²) in [5.41, 5.74) is 1.28. The van der Waals surface area contributed by atoms with Gasteiger partial charge in [0.2, 0.25) is 0 Å². The number of hydrogen-bond donors (Lipinski definition) is 1. The van der Waals surface area contributed by atoms with E-state index in [-0.39, 0.29) is 11.8 Å². The van der Waals surface area contributed by atoms with Crippen LogP contribution in [0.4, 0.5) is 0 Å². The third kappa shape index (κ3) is 2.79. The van der Waals surface area contributed by atoms with Crippen LogP contribution < -0.4 is 0 Å². The van der Waals surface area contributed by atoms with Crippen molar-refractivity contribution in [2.75, 3.05) is 13.1 Å². The summed E-state index contributed by atoms with van der Waals surface area (Å²) >= 11 is 0. The molecule has 0 radical (unpaired) electrons. The first kappa shape index (κ1) is 13.4. The Morgan fingerprint density at radius 1 is 1.43 bits per heavy atom. The van der Waals surface area contributed by atoms with Gasteiger partial charge in [-0.1, -0.05) is 0 Å². The molecule has 1 aliphatic heterocycles. The maximum Gasteiger partial charge on any atom is 0.254 e. The number of H-pyrrole nitrogens is 1. The third-order valence-corrected chi connectivity index (χ3v) is 3.69. The maximum atomic E-state index is 12.6. The highest BCUT2D eigenvalue weighted by molar-refractivity contribution is 5.95. The number of piperidine rings is 1. The second-order valence-electron chi connectivity index (χ2n) is 5.12. The molecule has 1 unspecified atom stereocenters. The van der Waals surface area contributed by atoms with Crippen LogP contribution >= 0.6 is 0 Å². The monoisotopic (exact) mass is 280 g/mol. The van der Waals surface area contributed by atoms with Gasteiger partial charge in [0.15, 0.2) is 5.82 Å². The summed E-state index contributed by atoms with van der Waals surface area (Å²) < 4.78 is 0. The lowest BCUT2D eigenvalue weighted by molar-refractivity contribution is 0.0699. The Balaban J connectivity index is 1.82. The van der Waals surface area contributed by atoms with Gasteiger partial charge >= 0.3 is 0 Å². The van der Waals surface area contributed by atoms with Crippen LogP contribution in [0.1, 0.15) is 23.2 Å². The molecule has 21 heavy (non-hydrogen) atoms. The number of hydrogen-bond acceptors (Lipinski definition) is 3. The Bertz CT molecular complexity index is 672.